The zero-order valence-corrected chi connectivity index (χ0v) is 13.8. The molecule has 0 N–H and O–H groups in total. The van der Waals surface area contributed by atoms with Gasteiger partial charge < -0.3 is 4.90 Å². The van der Waals surface area contributed by atoms with Crippen molar-refractivity contribution in [2.45, 2.75) is 33.2 Å². The number of amides is 1. The fourth-order valence-corrected chi connectivity index (χ4v) is 3.02. The number of likely N-dealkylation sites (N-methyl/N-ethyl adjacent to an activating group) is 1. The van der Waals surface area contributed by atoms with Crippen LogP contribution >= 0.6 is 0 Å². The van der Waals surface area contributed by atoms with Crippen molar-refractivity contribution in [2.24, 2.45) is 5.92 Å². The molecule has 0 bridgehead atoms. The van der Waals surface area contributed by atoms with Crippen LogP contribution in [0.25, 0.3) is 0 Å². The second kappa shape index (κ2) is 8.08. The zero-order valence-electron chi connectivity index (χ0n) is 13.8. The molecular formula is C18H27N3O. The smallest absolute Gasteiger partial charge is 0.226 e. The average Bonchev–Trinajstić information content (AvgIpc) is 2.53. The van der Waals surface area contributed by atoms with Gasteiger partial charge in [0.25, 0.3) is 0 Å². The number of likely N-dealkylation sites (tertiary alicyclic amines) is 1. The molecule has 22 heavy (non-hydrogen) atoms. The Bertz CT molecular complexity index is 492. The number of carbonyl (C=O) groups excluding carboxylic acids is 1. The van der Waals surface area contributed by atoms with Gasteiger partial charge in [-0.3, -0.25) is 14.7 Å². The van der Waals surface area contributed by atoms with Gasteiger partial charge in [-0.15, -0.1) is 0 Å². The van der Waals surface area contributed by atoms with Gasteiger partial charge in [-0.25, -0.2) is 0 Å². The third-order valence-electron chi connectivity index (χ3n) is 4.22. The first-order chi connectivity index (χ1) is 10.6. The van der Waals surface area contributed by atoms with Gasteiger partial charge >= 0.3 is 0 Å². The maximum absolute atomic E-state index is 12.6. The predicted octanol–water partition coefficient (Wildman–Crippen LogP) is 2.72. The molecule has 1 aromatic heterocycles. The molecule has 1 fully saturated rings. The predicted molar refractivity (Wildman–Crippen MR) is 89.3 cm³/mol. The van der Waals surface area contributed by atoms with Crippen LogP contribution in [-0.4, -0.2) is 46.9 Å². The van der Waals surface area contributed by atoms with Crippen LogP contribution < -0.4 is 0 Å². The summed E-state index contributed by atoms with van der Waals surface area (Å²) in [6, 6.07) is 4.08. The van der Waals surface area contributed by atoms with Gasteiger partial charge in [0.05, 0.1) is 0 Å². The summed E-state index contributed by atoms with van der Waals surface area (Å²) in [7, 11) is 0. The Morgan fingerprint density at radius 1 is 1.45 bits per heavy atom. The highest BCUT2D eigenvalue weighted by molar-refractivity contribution is 5.79. The average molecular weight is 301 g/mol. The lowest BCUT2D eigenvalue weighted by Gasteiger charge is -2.34. The third-order valence-corrected chi connectivity index (χ3v) is 4.22. The summed E-state index contributed by atoms with van der Waals surface area (Å²) in [5.41, 5.74) is 2.29. The molecule has 1 aromatic rings. The molecule has 2 heterocycles. The van der Waals surface area contributed by atoms with Gasteiger partial charge in [0, 0.05) is 37.9 Å². The SMILES string of the molecule is C=C(C)CN(CC)C(=O)C1CCN(Cc2cccnc2)CC1. The molecule has 0 spiro atoms. The van der Waals surface area contributed by atoms with E-state index in [-0.39, 0.29) is 5.92 Å². The van der Waals surface area contributed by atoms with Crippen molar-refractivity contribution in [2.75, 3.05) is 26.2 Å². The van der Waals surface area contributed by atoms with Crippen LogP contribution in [0.4, 0.5) is 0 Å². The van der Waals surface area contributed by atoms with E-state index in [2.05, 4.69) is 22.5 Å². The Morgan fingerprint density at radius 3 is 2.73 bits per heavy atom. The topological polar surface area (TPSA) is 36.4 Å². The molecule has 120 valence electrons. The molecule has 0 aromatic carbocycles. The summed E-state index contributed by atoms with van der Waals surface area (Å²) >= 11 is 0. The number of aromatic nitrogens is 1. The van der Waals surface area contributed by atoms with E-state index in [9.17, 15) is 4.79 Å². The zero-order chi connectivity index (χ0) is 15.9. The third kappa shape index (κ3) is 4.67. The summed E-state index contributed by atoms with van der Waals surface area (Å²) in [4.78, 5) is 21.1. The second-order valence-corrected chi connectivity index (χ2v) is 6.22. The highest BCUT2D eigenvalue weighted by Crippen LogP contribution is 2.21. The highest BCUT2D eigenvalue weighted by atomic mass is 16.2. The maximum Gasteiger partial charge on any atom is 0.226 e. The molecule has 1 aliphatic heterocycles. The molecule has 0 atom stereocenters. The summed E-state index contributed by atoms with van der Waals surface area (Å²) in [5.74, 6) is 0.468. The molecule has 1 saturated heterocycles. The molecule has 1 aliphatic rings. The summed E-state index contributed by atoms with van der Waals surface area (Å²) in [6.07, 6.45) is 5.62. The molecular weight excluding hydrogens is 274 g/mol. The Morgan fingerprint density at radius 2 is 2.18 bits per heavy atom. The Kier molecular flexibility index (Phi) is 6.13. The quantitative estimate of drug-likeness (QED) is 0.758. The molecule has 0 saturated carbocycles. The van der Waals surface area contributed by atoms with E-state index >= 15 is 0 Å². The van der Waals surface area contributed by atoms with E-state index in [0.29, 0.717) is 12.5 Å². The van der Waals surface area contributed by atoms with E-state index in [1.54, 1.807) is 6.20 Å². The molecule has 0 radical (unpaired) electrons. The van der Waals surface area contributed by atoms with E-state index in [4.69, 9.17) is 0 Å². The van der Waals surface area contributed by atoms with Crippen LogP contribution in [0.5, 0.6) is 0 Å². The van der Waals surface area contributed by atoms with Gasteiger partial charge in [-0.05, 0) is 51.4 Å². The van der Waals surface area contributed by atoms with Crippen molar-refractivity contribution in [3.63, 3.8) is 0 Å². The Hall–Kier alpha value is -1.68. The van der Waals surface area contributed by atoms with E-state index < -0.39 is 0 Å². The Labute approximate surface area is 133 Å². The standard InChI is InChI=1S/C18H27N3O/c1-4-21(13-15(2)3)18(22)17-7-10-20(11-8-17)14-16-6-5-9-19-12-16/h5-6,9,12,17H,2,4,7-8,10-11,13-14H2,1,3H3. The van der Waals surface area contributed by atoms with Crippen LogP contribution in [0, 0.1) is 5.92 Å². The fourth-order valence-electron chi connectivity index (χ4n) is 3.02. The first-order valence-corrected chi connectivity index (χ1v) is 8.14. The normalized spacial score (nSPS) is 16.5. The van der Waals surface area contributed by atoms with E-state index in [1.807, 2.05) is 31.0 Å². The van der Waals surface area contributed by atoms with Crippen molar-refractivity contribution in [3.05, 3.63) is 42.2 Å². The molecule has 0 unspecified atom stereocenters. The number of piperidine rings is 1. The first kappa shape index (κ1) is 16.7. The highest BCUT2D eigenvalue weighted by Gasteiger charge is 2.27. The summed E-state index contributed by atoms with van der Waals surface area (Å²) in [6.45, 7) is 12.3. The lowest BCUT2D eigenvalue weighted by Crippen LogP contribution is -2.42. The fraction of sp³-hybridized carbons (Fsp3) is 0.556. The molecule has 0 aliphatic carbocycles. The Balaban J connectivity index is 1.83. The van der Waals surface area contributed by atoms with Crippen LogP contribution in [0.15, 0.2) is 36.7 Å². The van der Waals surface area contributed by atoms with Gasteiger partial charge in [0.15, 0.2) is 0 Å². The van der Waals surface area contributed by atoms with Crippen molar-refractivity contribution < 1.29 is 4.79 Å². The van der Waals surface area contributed by atoms with Crippen molar-refractivity contribution >= 4 is 5.91 Å². The molecule has 4 heteroatoms. The lowest BCUT2D eigenvalue weighted by molar-refractivity contribution is -0.136. The monoisotopic (exact) mass is 301 g/mol. The van der Waals surface area contributed by atoms with Crippen molar-refractivity contribution in [3.8, 4) is 0 Å². The number of nitrogens with zero attached hydrogens (tertiary/aromatic N) is 3. The molecule has 2 rings (SSSR count). The van der Waals surface area contributed by atoms with Crippen LogP contribution in [0.3, 0.4) is 0 Å². The number of carbonyl (C=O) groups is 1. The second-order valence-electron chi connectivity index (χ2n) is 6.22. The van der Waals surface area contributed by atoms with E-state index in [0.717, 1.165) is 44.6 Å². The number of rotatable bonds is 6. The maximum atomic E-state index is 12.6. The number of pyridine rings is 1. The summed E-state index contributed by atoms with van der Waals surface area (Å²) in [5, 5.41) is 0. The molecule has 1 amide bonds. The minimum atomic E-state index is 0.171. The largest absolute Gasteiger partial charge is 0.339 e. The van der Waals surface area contributed by atoms with Crippen LogP contribution in [-0.2, 0) is 11.3 Å². The molecule has 4 nitrogen and oxygen atoms in total. The summed E-state index contributed by atoms with van der Waals surface area (Å²) < 4.78 is 0. The van der Waals surface area contributed by atoms with Crippen LogP contribution in [0.1, 0.15) is 32.3 Å². The minimum Gasteiger partial charge on any atom is -0.339 e. The van der Waals surface area contributed by atoms with Gasteiger partial charge in [0.1, 0.15) is 0 Å². The van der Waals surface area contributed by atoms with Crippen molar-refractivity contribution in [1.29, 1.82) is 0 Å². The van der Waals surface area contributed by atoms with Crippen molar-refractivity contribution in [1.82, 2.24) is 14.8 Å². The number of hydrogen-bond donors (Lipinski definition) is 0. The van der Waals surface area contributed by atoms with Gasteiger partial charge in [0.2, 0.25) is 5.91 Å². The van der Waals surface area contributed by atoms with Crippen LogP contribution in [0.2, 0.25) is 0 Å². The lowest BCUT2D eigenvalue weighted by atomic mass is 9.94. The first-order valence-electron chi connectivity index (χ1n) is 8.14. The minimum absolute atomic E-state index is 0.171. The van der Waals surface area contributed by atoms with Gasteiger partial charge in [-0.2, -0.15) is 0 Å². The number of hydrogen-bond acceptors (Lipinski definition) is 3. The van der Waals surface area contributed by atoms with Gasteiger partial charge in [-0.1, -0.05) is 18.2 Å². The van der Waals surface area contributed by atoms with E-state index in [1.165, 1.54) is 5.56 Å².